The Bertz CT molecular complexity index is 456. The molecule has 1 rings (SSSR count). The quantitative estimate of drug-likeness (QED) is 0.736. The molecule has 0 fully saturated rings. The zero-order chi connectivity index (χ0) is 11.6. The molecule has 0 aliphatic carbocycles. The number of carbonyl (C=O) groups excluding carboxylic acids is 1. The Labute approximate surface area is 95.6 Å². The molecule has 0 spiro atoms. The summed E-state index contributed by atoms with van der Waals surface area (Å²) >= 11 is 11.2. The molecule has 0 aliphatic heterocycles. The van der Waals surface area contributed by atoms with Crippen molar-refractivity contribution < 1.29 is 9.53 Å². The number of carbonyl (C=O) groups is 1. The Morgan fingerprint density at radius 1 is 1.47 bits per heavy atom. The van der Waals surface area contributed by atoms with Crippen molar-refractivity contribution >= 4 is 29.2 Å². The first-order valence-corrected chi connectivity index (χ1v) is 4.72. The van der Waals surface area contributed by atoms with Crippen molar-refractivity contribution in [2.24, 2.45) is 0 Å². The third-order valence-electron chi connectivity index (χ3n) is 1.84. The fourth-order valence-electron chi connectivity index (χ4n) is 0.974. The molecule has 0 saturated heterocycles. The van der Waals surface area contributed by atoms with Crippen molar-refractivity contribution in [3.8, 4) is 0 Å². The second kappa shape index (κ2) is 4.63. The molecule has 0 aliphatic rings. The lowest BCUT2D eigenvalue weighted by Gasteiger charge is -2.09. The topological polar surface area (TPSA) is 61.2 Å². The lowest BCUT2D eigenvalue weighted by molar-refractivity contribution is -0.141. The van der Waals surface area contributed by atoms with E-state index in [4.69, 9.17) is 23.2 Å². The molecule has 0 amide bonds. The molecular weight excluding hydrogens is 243 g/mol. The molecule has 82 valence electrons. The van der Waals surface area contributed by atoms with Crippen LogP contribution in [-0.2, 0) is 16.1 Å². The zero-order valence-electron chi connectivity index (χ0n) is 8.08. The summed E-state index contributed by atoms with van der Waals surface area (Å²) in [5.41, 5.74) is -0.194. The van der Waals surface area contributed by atoms with E-state index in [1.54, 1.807) is 6.92 Å². The van der Waals surface area contributed by atoms with E-state index < -0.39 is 11.5 Å². The predicted octanol–water partition coefficient (Wildman–Crippen LogP) is 1.03. The molecule has 0 atom stereocenters. The van der Waals surface area contributed by atoms with Crippen molar-refractivity contribution in [3.05, 3.63) is 26.4 Å². The normalized spacial score (nSPS) is 10.1. The highest BCUT2D eigenvalue weighted by Gasteiger charge is 2.13. The van der Waals surface area contributed by atoms with Gasteiger partial charge in [-0.15, -0.1) is 0 Å². The van der Waals surface area contributed by atoms with Gasteiger partial charge in [0.1, 0.15) is 11.7 Å². The number of rotatable bonds is 2. The van der Waals surface area contributed by atoms with Crippen LogP contribution in [0.5, 0.6) is 0 Å². The highest BCUT2D eigenvalue weighted by Crippen LogP contribution is 2.12. The molecule has 5 nitrogen and oxygen atoms in total. The minimum atomic E-state index is -0.566. The van der Waals surface area contributed by atoms with Gasteiger partial charge in [-0.2, -0.15) is 0 Å². The number of methoxy groups -OCH3 is 1. The van der Waals surface area contributed by atoms with Gasteiger partial charge in [-0.05, 0) is 6.92 Å². The summed E-state index contributed by atoms with van der Waals surface area (Å²) in [6.07, 6.45) is 0. The lowest BCUT2D eigenvalue weighted by Crippen LogP contribution is -2.28. The molecule has 1 heterocycles. The van der Waals surface area contributed by atoms with Crippen LogP contribution in [0.2, 0.25) is 10.3 Å². The van der Waals surface area contributed by atoms with Gasteiger partial charge >= 0.3 is 5.97 Å². The summed E-state index contributed by atoms with van der Waals surface area (Å²) < 4.78 is 5.55. The second-order valence-corrected chi connectivity index (χ2v) is 3.46. The van der Waals surface area contributed by atoms with Crippen LogP contribution < -0.4 is 5.56 Å². The number of aromatic nitrogens is 2. The van der Waals surface area contributed by atoms with E-state index in [2.05, 4.69) is 9.72 Å². The minimum absolute atomic E-state index is 0.0866. The van der Waals surface area contributed by atoms with Gasteiger partial charge in [-0.25, -0.2) is 4.98 Å². The SMILES string of the molecule is COC(=O)Cn1c(C)c(Cl)nc(Cl)c1=O. The van der Waals surface area contributed by atoms with Crippen LogP contribution in [0.3, 0.4) is 0 Å². The number of halogens is 2. The summed E-state index contributed by atoms with van der Waals surface area (Å²) in [4.78, 5) is 26.1. The average Bonchev–Trinajstić information content (AvgIpc) is 2.21. The predicted molar refractivity (Wildman–Crippen MR) is 55.3 cm³/mol. The Kier molecular flexibility index (Phi) is 3.71. The first-order chi connectivity index (χ1) is 6.97. The van der Waals surface area contributed by atoms with E-state index in [1.807, 2.05) is 0 Å². The number of hydrogen-bond acceptors (Lipinski definition) is 4. The standard InChI is InChI=1S/C8H8Cl2N2O3/c1-4-6(9)11-7(10)8(14)12(4)3-5(13)15-2/h3H2,1-2H3. The summed E-state index contributed by atoms with van der Waals surface area (Å²) in [5.74, 6) is -0.557. The summed E-state index contributed by atoms with van der Waals surface area (Å²) in [6.45, 7) is 1.33. The maximum atomic E-state index is 11.5. The van der Waals surface area contributed by atoms with Crippen LogP contribution in [-0.4, -0.2) is 22.6 Å². The van der Waals surface area contributed by atoms with E-state index in [0.29, 0.717) is 5.69 Å². The third-order valence-corrected chi connectivity index (χ3v) is 2.44. The number of nitrogens with zero attached hydrogens (tertiary/aromatic N) is 2. The maximum absolute atomic E-state index is 11.5. The Morgan fingerprint density at radius 3 is 2.60 bits per heavy atom. The van der Waals surface area contributed by atoms with E-state index in [-0.39, 0.29) is 16.9 Å². The van der Waals surface area contributed by atoms with Crippen LogP contribution in [0.4, 0.5) is 0 Å². The molecule has 0 bridgehead atoms. The van der Waals surface area contributed by atoms with E-state index in [9.17, 15) is 9.59 Å². The largest absolute Gasteiger partial charge is 0.468 e. The van der Waals surface area contributed by atoms with Crippen LogP contribution >= 0.6 is 23.2 Å². The fraction of sp³-hybridized carbons (Fsp3) is 0.375. The van der Waals surface area contributed by atoms with Crippen molar-refractivity contribution in [1.29, 1.82) is 0 Å². The number of hydrogen-bond donors (Lipinski definition) is 0. The van der Waals surface area contributed by atoms with Gasteiger partial charge in [-0.1, -0.05) is 23.2 Å². The van der Waals surface area contributed by atoms with Gasteiger partial charge in [0.25, 0.3) is 5.56 Å². The van der Waals surface area contributed by atoms with Crippen molar-refractivity contribution in [3.63, 3.8) is 0 Å². The van der Waals surface area contributed by atoms with Crippen LogP contribution in [0, 0.1) is 6.92 Å². The highest BCUT2D eigenvalue weighted by atomic mass is 35.5. The zero-order valence-corrected chi connectivity index (χ0v) is 9.59. The van der Waals surface area contributed by atoms with Gasteiger partial charge < -0.3 is 4.74 Å². The monoisotopic (exact) mass is 250 g/mol. The molecule has 0 aromatic carbocycles. The molecule has 0 saturated carbocycles. The fourth-order valence-corrected chi connectivity index (χ4v) is 1.39. The molecule has 15 heavy (non-hydrogen) atoms. The van der Waals surface area contributed by atoms with Gasteiger partial charge in [0.15, 0.2) is 5.15 Å². The Balaban J connectivity index is 3.27. The van der Waals surface area contributed by atoms with Crippen LogP contribution in [0.1, 0.15) is 5.69 Å². The van der Waals surface area contributed by atoms with E-state index in [1.165, 1.54) is 7.11 Å². The summed E-state index contributed by atoms with van der Waals surface area (Å²) in [6, 6.07) is 0. The van der Waals surface area contributed by atoms with Gasteiger partial charge in [0.05, 0.1) is 12.8 Å². The highest BCUT2D eigenvalue weighted by molar-refractivity contribution is 6.32. The molecule has 0 unspecified atom stereocenters. The van der Waals surface area contributed by atoms with E-state index >= 15 is 0 Å². The first-order valence-electron chi connectivity index (χ1n) is 3.96. The third kappa shape index (κ3) is 2.49. The Hall–Kier alpha value is -1.07. The number of esters is 1. The van der Waals surface area contributed by atoms with Gasteiger partial charge in [0.2, 0.25) is 0 Å². The minimum Gasteiger partial charge on any atom is -0.468 e. The van der Waals surface area contributed by atoms with Crippen molar-refractivity contribution in [2.75, 3.05) is 7.11 Å². The molecule has 1 aromatic heterocycles. The molecular formula is C8H8Cl2N2O3. The van der Waals surface area contributed by atoms with Gasteiger partial charge in [-0.3, -0.25) is 14.2 Å². The summed E-state index contributed by atoms with van der Waals surface area (Å²) in [5, 5.41) is -0.182. The van der Waals surface area contributed by atoms with Crippen LogP contribution in [0.25, 0.3) is 0 Å². The second-order valence-electron chi connectivity index (χ2n) is 2.75. The molecule has 0 N–H and O–H groups in total. The molecule has 7 heteroatoms. The lowest BCUT2D eigenvalue weighted by atomic mass is 10.4. The first kappa shape index (κ1) is 12.0. The van der Waals surface area contributed by atoms with Crippen LogP contribution in [0.15, 0.2) is 4.79 Å². The average molecular weight is 251 g/mol. The van der Waals surface area contributed by atoms with E-state index in [0.717, 1.165) is 4.57 Å². The molecule has 1 aromatic rings. The maximum Gasteiger partial charge on any atom is 0.325 e. The Morgan fingerprint density at radius 2 is 2.07 bits per heavy atom. The van der Waals surface area contributed by atoms with Crippen molar-refractivity contribution in [1.82, 2.24) is 9.55 Å². The van der Waals surface area contributed by atoms with Gasteiger partial charge in [0, 0.05) is 0 Å². The summed E-state index contributed by atoms with van der Waals surface area (Å²) in [7, 11) is 1.23. The number of ether oxygens (including phenoxy) is 1. The van der Waals surface area contributed by atoms with Crippen molar-refractivity contribution in [2.45, 2.75) is 13.5 Å². The smallest absolute Gasteiger partial charge is 0.325 e. The molecule has 0 radical (unpaired) electrons.